The molecule has 0 radical (unpaired) electrons. The van der Waals surface area contributed by atoms with Gasteiger partial charge in [-0.25, -0.2) is 0 Å². The summed E-state index contributed by atoms with van der Waals surface area (Å²) >= 11 is 0. The second-order valence-electron chi connectivity index (χ2n) is 14.7. The van der Waals surface area contributed by atoms with Gasteiger partial charge in [0.2, 0.25) is 0 Å². The number of aromatic nitrogens is 2. The van der Waals surface area contributed by atoms with Crippen molar-refractivity contribution >= 4 is 49.3 Å². The van der Waals surface area contributed by atoms with Crippen molar-refractivity contribution in [1.29, 1.82) is 0 Å². The number of benzene rings is 7. The van der Waals surface area contributed by atoms with Crippen molar-refractivity contribution in [3.8, 4) is 39.1 Å². The quantitative estimate of drug-likeness (QED) is 0.171. The van der Waals surface area contributed by atoms with Crippen molar-refractivity contribution in [2.75, 3.05) is 0 Å². The van der Waals surface area contributed by atoms with E-state index >= 15 is 0 Å². The summed E-state index contributed by atoms with van der Waals surface area (Å²) in [5.41, 5.74) is 17.4. The van der Waals surface area contributed by atoms with Crippen LogP contribution >= 0.6 is 0 Å². The third-order valence-electron chi connectivity index (χ3n) is 11.4. The van der Waals surface area contributed by atoms with Crippen molar-refractivity contribution in [2.45, 2.75) is 27.2 Å². The summed E-state index contributed by atoms with van der Waals surface area (Å²) in [4.78, 5) is 0. The molecule has 7 aromatic carbocycles. The molecule has 0 fully saturated rings. The predicted molar refractivity (Wildman–Crippen MR) is 227 cm³/mol. The fourth-order valence-electron chi connectivity index (χ4n) is 8.64. The van der Waals surface area contributed by atoms with Gasteiger partial charge in [-0.05, 0) is 125 Å². The highest BCUT2D eigenvalue weighted by atomic mass is 15.0. The average Bonchev–Trinajstić information content (AvgIpc) is 3.71. The van der Waals surface area contributed by atoms with Crippen LogP contribution in [0.3, 0.4) is 0 Å². The van der Waals surface area contributed by atoms with Crippen LogP contribution in [-0.2, 0) is 0 Å². The minimum Gasteiger partial charge on any atom is -0.310 e. The molecule has 0 bridgehead atoms. The highest BCUT2D eigenvalue weighted by Crippen LogP contribution is 2.41. The van der Waals surface area contributed by atoms with E-state index in [9.17, 15) is 0 Å². The number of nitrogens with zero attached hydrogens (tertiary/aromatic N) is 2. The molecule has 1 aliphatic rings. The zero-order valence-corrected chi connectivity index (χ0v) is 30.3. The molecule has 0 aliphatic heterocycles. The van der Waals surface area contributed by atoms with Gasteiger partial charge in [0, 0.05) is 32.9 Å². The molecule has 53 heavy (non-hydrogen) atoms. The molecule has 2 nitrogen and oxygen atoms in total. The molecule has 0 amide bonds. The monoisotopic (exact) mass is 680 g/mol. The number of para-hydroxylation sites is 2. The second kappa shape index (κ2) is 12.4. The maximum atomic E-state index is 2.46. The van der Waals surface area contributed by atoms with Crippen molar-refractivity contribution in [3.05, 3.63) is 181 Å². The molecule has 0 saturated carbocycles. The molecule has 1 atom stereocenters. The van der Waals surface area contributed by atoms with E-state index in [1.54, 1.807) is 0 Å². The summed E-state index contributed by atoms with van der Waals surface area (Å²) in [6.45, 7) is 6.76. The standard InChI is InChI=1S/C51H40N2/c1-33-21-25-39(26-22-33)52-48-19-11-9-17-42(48)46-29-37(23-27-50(46)52)38-24-28-51-47(30-38)43-18-10-12-20-49(43)53(51)40-31-44(36-14-5-4-6-15-36)35(3)45(32-40)41-16-8-7-13-34(41)2/h4-21,23-33H,22H2,1-3H3. The topological polar surface area (TPSA) is 9.86 Å². The summed E-state index contributed by atoms with van der Waals surface area (Å²) in [5, 5.41) is 5.08. The molecule has 254 valence electrons. The van der Waals surface area contributed by atoms with E-state index in [2.05, 4.69) is 200 Å². The first-order valence-electron chi connectivity index (χ1n) is 18.8. The van der Waals surface area contributed by atoms with Crippen LogP contribution in [0.15, 0.2) is 170 Å². The van der Waals surface area contributed by atoms with Gasteiger partial charge in [-0.1, -0.05) is 122 Å². The Morgan fingerprint density at radius 1 is 0.472 bits per heavy atom. The molecule has 1 unspecified atom stereocenters. The van der Waals surface area contributed by atoms with E-state index in [4.69, 9.17) is 0 Å². The van der Waals surface area contributed by atoms with Gasteiger partial charge >= 0.3 is 0 Å². The Bertz CT molecular complexity index is 2950. The van der Waals surface area contributed by atoms with E-state index < -0.39 is 0 Å². The Morgan fingerprint density at radius 2 is 1.04 bits per heavy atom. The predicted octanol–water partition coefficient (Wildman–Crippen LogP) is 13.9. The van der Waals surface area contributed by atoms with Crippen LogP contribution in [0, 0.1) is 19.8 Å². The lowest BCUT2D eigenvalue weighted by Gasteiger charge is -2.18. The zero-order chi connectivity index (χ0) is 35.6. The second-order valence-corrected chi connectivity index (χ2v) is 14.7. The maximum Gasteiger partial charge on any atom is 0.0541 e. The molecule has 2 aromatic heterocycles. The van der Waals surface area contributed by atoms with E-state index in [-0.39, 0.29) is 0 Å². The third kappa shape index (κ3) is 5.09. The third-order valence-corrected chi connectivity index (χ3v) is 11.4. The Kier molecular flexibility index (Phi) is 7.33. The lowest BCUT2D eigenvalue weighted by Crippen LogP contribution is -2.00. The number of fused-ring (bicyclic) bond motifs is 6. The fraction of sp³-hybridized carbons (Fsp3) is 0.0980. The molecule has 0 saturated heterocycles. The Balaban J connectivity index is 1.17. The van der Waals surface area contributed by atoms with Gasteiger partial charge in [0.05, 0.1) is 22.1 Å². The molecular weight excluding hydrogens is 641 g/mol. The first-order chi connectivity index (χ1) is 26.0. The number of aryl methyl sites for hydroxylation is 1. The maximum absolute atomic E-state index is 2.46. The molecule has 0 spiro atoms. The van der Waals surface area contributed by atoms with Gasteiger partial charge in [-0.3, -0.25) is 0 Å². The van der Waals surface area contributed by atoms with Crippen LogP contribution in [0.2, 0.25) is 0 Å². The van der Waals surface area contributed by atoms with Gasteiger partial charge in [0.15, 0.2) is 0 Å². The summed E-state index contributed by atoms with van der Waals surface area (Å²) in [7, 11) is 0. The Labute approximate surface area is 310 Å². The largest absolute Gasteiger partial charge is 0.310 e. The van der Waals surface area contributed by atoms with Gasteiger partial charge < -0.3 is 9.13 Å². The van der Waals surface area contributed by atoms with Gasteiger partial charge in [0.25, 0.3) is 0 Å². The fourth-order valence-corrected chi connectivity index (χ4v) is 8.64. The molecule has 0 N–H and O–H groups in total. The van der Waals surface area contributed by atoms with Crippen molar-refractivity contribution in [2.24, 2.45) is 5.92 Å². The molecule has 2 heteroatoms. The number of hydrogen-bond donors (Lipinski definition) is 0. The van der Waals surface area contributed by atoms with Crippen LogP contribution in [0.1, 0.15) is 24.5 Å². The van der Waals surface area contributed by atoms with Gasteiger partial charge in [-0.2, -0.15) is 0 Å². The highest BCUT2D eigenvalue weighted by Gasteiger charge is 2.19. The Hall–Kier alpha value is -6.38. The van der Waals surface area contributed by atoms with Crippen LogP contribution in [0.5, 0.6) is 0 Å². The van der Waals surface area contributed by atoms with Crippen molar-refractivity contribution in [3.63, 3.8) is 0 Å². The zero-order valence-electron chi connectivity index (χ0n) is 30.3. The summed E-state index contributed by atoms with van der Waals surface area (Å²) in [5.74, 6) is 0.575. The summed E-state index contributed by atoms with van der Waals surface area (Å²) < 4.78 is 4.90. The molecule has 1 aliphatic carbocycles. The van der Waals surface area contributed by atoms with E-state index in [1.807, 2.05) is 0 Å². The van der Waals surface area contributed by atoms with Crippen LogP contribution in [0.4, 0.5) is 0 Å². The average molecular weight is 681 g/mol. The van der Waals surface area contributed by atoms with Crippen molar-refractivity contribution in [1.82, 2.24) is 9.13 Å². The van der Waals surface area contributed by atoms with E-state index in [1.165, 1.54) is 99.5 Å². The lowest BCUT2D eigenvalue weighted by molar-refractivity contribution is 0.735. The molecular formula is C51H40N2. The lowest BCUT2D eigenvalue weighted by atomic mass is 9.90. The minimum atomic E-state index is 0.575. The Morgan fingerprint density at radius 3 is 1.70 bits per heavy atom. The SMILES string of the molecule is Cc1ccccc1-c1cc(-n2c3ccccc3c3cc(-c4ccc5c(c4)c4ccccc4n5C4=CCC(C)C=C4)ccc32)cc(-c2ccccc2)c1C. The summed E-state index contributed by atoms with van der Waals surface area (Å²) in [6.07, 6.45) is 8.07. The molecule has 2 heterocycles. The van der Waals surface area contributed by atoms with E-state index in [0.717, 1.165) is 6.42 Å². The molecule has 10 rings (SSSR count). The number of hydrogen-bond acceptors (Lipinski definition) is 0. The molecule has 9 aromatic rings. The first kappa shape index (κ1) is 31.4. The van der Waals surface area contributed by atoms with E-state index in [0.29, 0.717) is 5.92 Å². The first-order valence-corrected chi connectivity index (χ1v) is 18.8. The normalized spacial score (nSPS) is 14.5. The number of allylic oxidation sites excluding steroid dienone is 4. The van der Waals surface area contributed by atoms with Crippen LogP contribution in [0.25, 0.3) is 88.4 Å². The van der Waals surface area contributed by atoms with Gasteiger partial charge in [-0.15, -0.1) is 0 Å². The van der Waals surface area contributed by atoms with Crippen LogP contribution < -0.4 is 0 Å². The summed E-state index contributed by atoms with van der Waals surface area (Å²) in [6, 6.07) is 56.1. The van der Waals surface area contributed by atoms with Gasteiger partial charge in [0.1, 0.15) is 0 Å². The minimum absolute atomic E-state index is 0.575. The van der Waals surface area contributed by atoms with Crippen LogP contribution in [-0.4, -0.2) is 9.13 Å². The smallest absolute Gasteiger partial charge is 0.0541 e. The number of rotatable bonds is 5. The van der Waals surface area contributed by atoms with Crippen molar-refractivity contribution < 1.29 is 0 Å². The highest BCUT2D eigenvalue weighted by molar-refractivity contribution is 6.13.